The molecule has 2 rings (SSSR count). The first kappa shape index (κ1) is 23.2. The maximum absolute atomic E-state index is 11.3. The Morgan fingerprint density at radius 1 is 0.862 bits per heavy atom. The van der Waals surface area contributed by atoms with Crippen molar-refractivity contribution in [3.05, 3.63) is 48.0 Å². The molecule has 0 bridgehead atoms. The molecule has 0 fully saturated rings. The quantitative estimate of drug-likeness (QED) is 0.285. The van der Waals surface area contributed by atoms with E-state index >= 15 is 0 Å². The Labute approximate surface area is 174 Å². The van der Waals surface area contributed by atoms with E-state index in [2.05, 4.69) is 6.92 Å². The zero-order chi connectivity index (χ0) is 21.1. The fourth-order valence-electron chi connectivity index (χ4n) is 3.32. The Bertz CT molecular complexity index is 861. The predicted octanol–water partition coefficient (Wildman–Crippen LogP) is 6.50. The Morgan fingerprint density at radius 3 is 2.14 bits per heavy atom. The van der Waals surface area contributed by atoms with Crippen LogP contribution in [0.25, 0.3) is 0 Å². The van der Waals surface area contributed by atoms with Gasteiger partial charge in [-0.3, -0.25) is 4.55 Å². The maximum atomic E-state index is 11.3. The molecule has 5 nitrogen and oxygen atoms in total. The predicted molar refractivity (Wildman–Crippen MR) is 115 cm³/mol. The topological polar surface area (TPSA) is 83.8 Å². The van der Waals surface area contributed by atoms with E-state index in [1.54, 1.807) is 6.07 Å². The second kappa shape index (κ2) is 11.8. The van der Waals surface area contributed by atoms with Crippen molar-refractivity contribution in [3.63, 3.8) is 0 Å². The molecule has 0 heterocycles. The van der Waals surface area contributed by atoms with Crippen LogP contribution in [-0.2, 0) is 16.5 Å². The minimum atomic E-state index is -4.51. The highest BCUT2D eigenvalue weighted by molar-refractivity contribution is 7.86. The minimum Gasteiger partial charge on any atom is -0.503 e. The van der Waals surface area contributed by atoms with Crippen molar-refractivity contribution in [2.45, 2.75) is 76.0 Å². The van der Waals surface area contributed by atoms with Crippen molar-refractivity contribution in [2.75, 3.05) is 0 Å². The molecule has 0 saturated heterocycles. The summed E-state index contributed by atoms with van der Waals surface area (Å²) in [6.07, 6.45) is 12.5. The number of phenolic OH excluding ortho intramolecular Hbond substituents is 1. The number of para-hydroxylation sites is 1. The number of aromatic hydroxyl groups is 1. The molecule has 0 aliphatic carbocycles. The first-order valence-electron chi connectivity index (χ1n) is 10.5. The number of hydrogen-bond donors (Lipinski definition) is 2. The monoisotopic (exact) mass is 420 g/mol. The lowest BCUT2D eigenvalue weighted by Crippen LogP contribution is -1.99. The van der Waals surface area contributed by atoms with Gasteiger partial charge in [0.25, 0.3) is 10.1 Å². The lowest BCUT2D eigenvalue weighted by molar-refractivity contribution is 0.395. The molecule has 160 valence electrons. The summed E-state index contributed by atoms with van der Waals surface area (Å²) < 4.78 is 37.4. The van der Waals surface area contributed by atoms with Crippen LogP contribution in [0.15, 0.2) is 47.4 Å². The lowest BCUT2D eigenvalue weighted by Gasteiger charge is -2.11. The van der Waals surface area contributed by atoms with Gasteiger partial charge in [0, 0.05) is 0 Å². The molecule has 6 heteroatoms. The molecular weight excluding hydrogens is 388 g/mol. The minimum absolute atomic E-state index is 0.0136. The van der Waals surface area contributed by atoms with Gasteiger partial charge in [-0.1, -0.05) is 76.5 Å². The van der Waals surface area contributed by atoms with Gasteiger partial charge < -0.3 is 9.84 Å². The number of rotatable bonds is 13. The molecular formula is C23H32O5S. The van der Waals surface area contributed by atoms with Crippen molar-refractivity contribution in [1.82, 2.24) is 0 Å². The zero-order valence-electron chi connectivity index (χ0n) is 17.1. The summed E-state index contributed by atoms with van der Waals surface area (Å²) in [4.78, 5) is -0.569. The van der Waals surface area contributed by atoms with Gasteiger partial charge >= 0.3 is 0 Å². The van der Waals surface area contributed by atoms with E-state index < -0.39 is 20.8 Å². The molecule has 0 aliphatic rings. The summed E-state index contributed by atoms with van der Waals surface area (Å²) in [7, 11) is -4.51. The summed E-state index contributed by atoms with van der Waals surface area (Å²) in [5.74, 6) is -0.0964. The highest BCUT2D eigenvalue weighted by Gasteiger charge is 2.19. The summed E-state index contributed by atoms with van der Waals surface area (Å²) in [6, 6.07) is 11.5. The SMILES string of the molecule is CCCCCCCCCCCc1cccc(Oc2cccc(S(=O)(=O)O)c2O)c1. The third-order valence-electron chi connectivity index (χ3n) is 4.94. The molecule has 2 aromatic rings. The van der Waals surface area contributed by atoms with Crippen LogP contribution >= 0.6 is 0 Å². The Hall–Kier alpha value is -2.05. The van der Waals surface area contributed by atoms with E-state index in [0.29, 0.717) is 5.75 Å². The number of ether oxygens (including phenoxy) is 1. The fourth-order valence-corrected chi connectivity index (χ4v) is 3.92. The van der Waals surface area contributed by atoms with Crippen LogP contribution in [0.3, 0.4) is 0 Å². The number of benzene rings is 2. The molecule has 2 aromatic carbocycles. The van der Waals surface area contributed by atoms with Crippen LogP contribution < -0.4 is 4.74 Å². The largest absolute Gasteiger partial charge is 0.503 e. The van der Waals surface area contributed by atoms with Crippen LogP contribution in [0.4, 0.5) is 0 Å². The summed E-state index contributed by atoms with van der Waals surface area (Å²) in [5.41, 5.74) is 1.14. The van der Waals surface area contributed by atoms with Crippen LogP contribution in [0.1, 0.15) is 70.3 Å². The van der Waals surface area contributed by atoms with Gasteiger partial charge in [0.1, 0.15) is 10.6 Å². The molecule has 0 amide bonds. The van der Waals surface area contributed by atoms with E-state index in [1.165, 1.54) is 63.5 Å². The van der Waals surface area contributed by atoms with Crippen molar-refractivity contribution in [2.24, 2.45) is 0 Å². The zero-order valence-corrected chi connectivity index (χ0v) is 18.0. The summed E-state index contributed by atoms with van der Waals surface area (Å²) in [6.45, 7) is 2.24. The maximum Gasteiger partial charge on any atom is 0.298 e. The smallest absolute Gasteiger partial charge is 0.298 e. The first-order valence-corrected chi connectivity index (χ1v) is 11.9. The molecule has 0 radical (unpaired) electrons. The average Bonchev–Trinajstić information content (AvgIpc) is 2.68. The number of aryl methyl sites for hydroxylation is 1. The molecule has 0 aliphatic heterocycles. The third-order valence-corrected chi connectivity index (χ3v) is 5.82. The average molecular weight is 421 g/mol. The summed E-state index contributed by atoms with van der Waals surface area (Å²) >= 11 is 0. The highest BCUT2D eigenvalue weighted by Crippen LogP contribution is 2.36. The number of phenols is 1. The van der Waals surface area contributed by atoms with Crippen LogP contribution in [-0.4, -0.2) is 18.1 Å². The summed E-state index contributed by atoms with van der Waals surface area (Å²) in [5, 5.41) is 10.1. The molecule has 0 atom stereocenters. The van der Waals surface area contributed by atoms with Crippen LogP contribution in [0.2, 0.25) is 0 Å². The number of unbranched alkanes of at least 4 members (excludes halogenated alkanes) is 8. The Balaban J connectivity index is 1.83. The second-order valence-electron chi connectivity index (χ2n) is 7.41. The normalized spacial score (nSPS) is 11.5. The standard InChI is InChI=1S/C23H32O5S/c1-2-3-4-5-6-7-8-9-10-13-19-14-11-15-20(18-19)28-21-16-12-17-22(23(21)24)29(25,26)27/h11-12,14-18,24H,2-10,13H2,1H3,(H,25,26,27). The van der Waals surface area contributed by atoms with Gasteiger partial charge in [-0.2, -0.15) is 8.42 Å². The van der Waals surface area contributed by atoms with E-state index in [0.717, 1.165) is 24.5 Å². The molecule has 0 saturated carbocycles. The molecule has 0 unspecified atom stereocenters. The Morgan fingerprint density at radius 2 is 1.48 bits per heavy atom. The van der Waals surface area contributed by atoms with Gasteiger partial charge in [0.15, 0.2) is 11.5 Å². The van der Waals surface area contributed by atoms with E-state index in [1.807, 2.05) is 18.2 Å². The van der Waals surface area contributed by atoms with E-state index in [-0.39, 0.29) is 5.75 Å². The van der Waals surface area contributed by atoms with Gasteiger partial charge in [0.05, 0.1) is 0 Å². The molecule has 0 spiro atoms. The van der Waals surface area contributed by atoms with Crippen LogP contribution in [0, 0.1) is 0 Å². The van der Waals surface area contributed by atoms with Crippen LogP contribution in [0.5, 0.6) is 17.2 Å². The van der Waals surface area contributed by atoms with Gasteiger partial charge in [-0.25, -0.2) is 0 Å². The van der Waals surface area contributed by atoms with Crippen molar-refractivity contribution in [1.29, 1.82) is 0 Å². The van der Waals surface area contributed by atoms with Gasteiger partial charge in [-0.05, 0) is 42.7 Å². The van der Waals surface area contributed by atoms with Gasteiger partial charge in [0.2, 0.25) is 0 Å². The lowest BCUT2D eigenvalue weighted by atomic mass is 10.0. The van der Waals surface area contributed by atoms with Crippen molar-refractivity contribution >= 4 is 10.1 Å². The van der Waals surface area contributed by atoms with E-state index in [9.17, 15) is 18.1 Å². The molecule has 29 heavy (non-hydrogen) atoms. The Kier molecular flexibility index (Phi) is 9.48. The molecule has 0 aromatic heterocycles. The molecule has 2 N–H and O–H groups in total. The highest BCUT2D eigenvalue weighted by atomic mass is 32.2. The van der Waals surface area contributed by atoms with Crippen molar-refractivity contribution < 1.29 is 22.8 Å². The third kappa shape index (κ3) is 8.07. The van der Waals surface area contributed by atoms with Gasteiger partial charge in [-0.15, -0.1) is 0 Å². The van der Waals surface area contributed by atoms with E-state index in [4.69, 9.17) is 4.74 Å². The second-order valence-corrected chi connectivity index (χ2v) is 8.80. The van der Waals surface area contributed by atoms with Crippen molar-refractivity contribution in [3.8, 4) is 17.2 Å². The first-order chi connectivity index (χ1) is 13.9. The fraction of sp³-hybridized carbons (Fsp3) is 0.478. The number of hydrogen-bond acceptors (Lipinski definition) is 4.